The molecular weight excluding hydrogens is 258 g/mol. The molecule has 0 spiro atoms. The van der Waals surface area contributed by atoms with Gasteiger partial charge in [-0.15, -0.1) is 0 Å². The summed E-state index contributed by atoms with van der Waals surface area (Å²) in [4.78, 5) is 23.6. The van der Waals surface area contributed by atoms with Gasteiger partial charge in [0, 0.05) is 0 Å². The summed E-state index contributed by atoms with van der Waals surface area (Å²) in [6.07, 6.45) is 2.77. The number of amides is 1. The summed E-state index contributed by atoms with van der Waals surface area (Å²) in [6, 6.07) is 0. The molecule has 2 N–H and O–H groups in total. The topological polar surface area (TPSA) is 75.6 Å². The highest BCUT2D eigenvalue weighted by molar-refractivity contribution is 5.84. The van der Waals surface area contributed by atoms with Crippen molar-refractivity contribution in [2.75, 3.05) is 0 Å². The van der Waals surface area contributed by atoms with Crippen molar-refractivity contribution in [3.63, 3.8) is 0 Å². The fraction of sp³-hybridized carbons (Fsp3) is 0.867. The van der Waals surface area contributed by atoms with Crippen molar-refractivity contribution in [2.24, 2.45) is 5.41 Å². The summed E-state index contributed by atoms with van der Waals surface area (Å²) >= 11 is 0. The van der Waals surface area contributed by atoms with Crippen molar-refractivity contribution >= 4 is 12.1 Å². The highest BCUT2D eigenvalue weighted by Crippen LogP contribution is 2.38. The first-order valence-electron chi connectivity index (χ1n) is 7.20. The van der Waals surface area contributed by atoms with Crippen LogP contribution in [0.2, 0.25) is 0 Å². The Morgan fingerprint density at radius 2 is 1.70 bits per heavy atom. The number of rotatable bonds is 2. The minimum Gasteiger partial charge on any atom is -0.480 e. The molecule has 0 aromatic heterocycles. The molecule has 116 valence electrons. The molecule has 0 radical (unpaired) electrons. The van der Waals surface area contributed by atoms with Crippen LogP contribution in [0.3, 0.4) is 0 Å². The average molecular weight is 285 g/mol. The standard InChI is InChI=1S/C15H27NO4/c1-13(2,3)20-12(19)16-15(11(17)18)8-6-7-14(4,5)9-10-15/h6-10H2,1-5H3,(H,16,19)(H,17,18). The highest BCUT2D eigenvalue weighted by Gasteiger charge is 2.43. The van der Waals surface area contributed by atoms with E-state index in [9.17, 15) is 14.7 Å². The molecule has 5 heteroatoms. The first-order valence-corrected chi connectivity index (χ1v) is 7.20. The number of ether oxygens (including phenoxy) is 1. The molecular formula is C15H27NO4. The van der Waals surface area contributed by atoms with Crippen molar-refractivity contribution < 1.29 is 19.4 Å². The second-order valence-corrected chi connectivity index (χ2v) is 7.53. The number of aliphatic carboxylic acids is 1. The number of carbonyl (C=O) groups excluding carboxylic acids is 1. The Morgan fingerprint density at radius 3 is 2.20 bits per heavy atom. The van der Waals surface area contributed by atoms with Crippen LogP contribution in [0.25, 0.3) is 0 Å². The van der Waals surface area contributed by atoms with E-state index in [0.29, 0.717) is 12.8 Å². The Bertz CT molecular complexity index is 384. The smallest absolute Gasteiger partial charge is 0.408 e. The molecule has 0 bridgehead atoms. The third kappa shape index (κ3) is 4.69. The van der Waals surface area contributed by atoms with Gasteiger partial charge in [0.1, 0.15) is 11.1 Å². The van der Waals surface area contributed by atoms with Gasteiger partial charge in [0.2, 0.25) is 0 Å². The lowest BCUT2D eigenvalue weighted by atomic mass is 9.83. The molecule has 20 heavy (non-hydrogen) atoms. The maximum Gasteiger partial charge on any atom is 0.408 e. The summed E-state index contributed by atoms with van der Waals surface area (Å²) in [6.45, 7) is 9.56. The summed E-state index contributed by atoms with van der Waals surface area (Å²) in [5.74, 6) is -0.971. The summed E-state index contributed by atoms with van der Waals surface area (Å²) < 4.78 is 5.20. The van der Waals surface area contributed by atoms with Gasteiger partial charge >= 0.3 is 12.1 Å². The van der Waals surface area contributed by atoms with Crippen molar-refractivity contribution in [3.05, 3.63) is 0 Å². The Morgan fingerprint density at radius 1 is 1.10 bits per heavy atom. The second kappa shape index (κ2) is 5.62. The Hall–Kier alpha value is -1.26. The molecule has 0 aromatic rings. The monoisotopic (exact) mass is 285 g/mol. The summed E-state index contributed by atoms with van der Waals surface area (Å²) in [7, 11) is 0. The van der Waals surface area contributed by atoms with Crippen molar-refractivity contribution in [3.8, 4) is 0 Å². The molecule has 0 heterocycles. The molecule has 1 amide bonds. The Labute approximate surface area is 121 Å². The maximum atomic E-state index is 11.9. The van der Waals surface area contributed by atoms with Crippen LogP contribution in [0.15, 0.2) is 0 Å². The zero-order valence-electron chi connectivity index (χ0n) is 13.2. The second-order valence-electron chi connectivity index (χ2n) is 7.53. The molecule has 5 nitrogen and oxygen atoms in total. The van der Waals surface area contributed by atoms with Crippen LogP contribution in [0.4, 0.5) is 4.79 Å². The van der Waals surface area contributed by atoms with Crippen LogP contribution >= 0.6 is 0 Å². The zero-order chi connectivity index (χ0) is 15.6. The minimum atomic E-state index is -1.20. The first-order chi connectivity index (χ1) is 8.96. The number of hydrogen-bond acceptors (Lipinski definition) is 3. The summed E-state index contributed by atoms with van der Waals surface area (Å²) in [5, 5.41) is 12.2. The van der Waals surface area contributed by atoms with E-state index >= 15 is 0 Å². The SMILES string of the molecule is CC1(C)CCCC(NC(=O)OC(C)(C)C)(C(=O)O)CC1. The van der Waals surface area contributed by atoms with E-state index in [4.69, 9.17) is 4.74 Å². The van der Waals surface area contributed by atoms with E-state index in [1.54, 1.807) is 20.8 Å². The number of carbonyl (C=O) groups is 2. The van der Waals surface area contributed by atoms with Gasteiger partial charge in [-0.25, -0.2) is 9.59 Å². The Balaban J connectivity index is 2.83. The molecule has 0 aliphatic heterocycles. The fourth-order valence-electron chi connectivity index (χ4n) is 2.56. The van der Waals surface area contributed by atoms with Crippen LogP contribution in [0, 0.1) is 5.41 Å². The minimum absolute atomic E-state index is 0.118. The predicted molar refractivity (Wildman–Crippen MR) is 76.6 cm³/mol. The zero-order valence-corrected chi connectivity index (χ0v) is 13.2. The molecule has 1 atom stereocenters. The van der Waals surface area contributed by atoms with Gasteiger partial charge < -0.3 is 15.2 Å². The molecule has 1 aliphatic rings. The van der Waals surface area contributed by atoms with Gasteiger partial charge in [-0.2, -0.15) is 0 Å². The number of nitrogens with one attached hydrogen (secondary N) is 1. The van der Waals surface area contributed by atoms with Crippen molar-refractivity contribution in [2.45, 2.75) is 77.9 Å². The molecule has 1 aliphatic carbocycles. The number of hydrogen-bond donors (Lipinski definition) is 2. The fourth-order valence-corrected chi connectivity index (χ4v) is 2.56. The van der Waals surface area contributed by atoms with E-state index in [1.165, 1.54) is 0 Å². The molecule has 0 saturated heterocycles. The van der Waals surface area contributed by atoms with Gasteiger partial charge in [0.05, 0.1) is 0 Å². The van der Waals surface area contributed by atoms with Crippen molar-refractivity contribution in [1.82, 2.24) is 5.32 Å². The van der Waals surface area contributed by atoms with Crippen LogP contribution in [0.1, 0.15) is 66.7 Å². The van der Waals surface area contributed by atoms with Crippen LogP contribution in [-0.4, -0.2) is 28.3 Å². The van der Waals surface area contributed by atoms with Gasteiger partial charge in [-0.3, -0.25) is 0 Å². The average Bonchev–Trinajstić information content (AvgIpc) is 2.36. The number of alkyl carbamates (subject to hydrolysis) is 1. The summed E-state index contributed by atoms with van der Waals surface area (Å²) in [5.41, 5.74) is -1.71. The number of carboxylic acid groups (broad SMARTS) is 1. The third-order valence-corrected chi connectivity index (χ3v) is 3.84. The van der Waals surface area contributed by atoms with Gasteiger partial charge in [-0.05, 0) is 58.3 Å². The normalized spacial score (nSPS) is 26.4. The number of carboxylic acids is 1. The molecule has 1 rings (SSSR count). The van der Waals surface area contributed by atoms with E-state index in [-0.39, 0.29) is 5.41 Å². The van der Waals surface area contributed by atoms with Gasteiger partial charge in [-0.1, -0.05) is 13.8 Å². The van der Waals surface area contributed by atoms with E-state index in [2.05, 4.69) is 19.2 Å². The molecule has 1 fully saturated rings. The van der Waals surface area contributed by atoms with E-state index < -0.39 is 23.2 Å². The lowest BCUT2D eigenvalue weighted by Crippen LogP contribution is -2.55. The quantitative estimate of drug-likeness (QED) is 0.763. The van der Waals surface area contributed by atoms with E-state index in [1.807, 2.05) is 0 Å². The highest BCUT2D eigenvalue weighted by atomic mass is 16.6. The largest absolute Gasteiger partial charge is 0.480 e. The third-order valence-electron chi connectivity index (χ3n) is 3.84. The van der Waals surface area contributed by atoms with Crippen LogP contribution < -0.4 is 5.32 Å². The van der Waals surface area contributed by atoms with Crippen molar-refractivity contribution in [1.29, 1.82) is 0 Å². The Kier molecular flexibility index (Phi) is 4.72. The lowest BCUT2D eigenvalue weighted by Gasteiger charge is -2.31. The maximum absolute atomic E-state index is 11.9. The van der Waals surface area contributed by atoms with Gasteiger partial charge in [0.15, 0.2) is 0 Å². The lowest BCUT2D eigenvalue weighted by molar-refractivity contribution is -0.145. The molecule has 1 unspecified atom stereocenters. The van der Waals surface area contributed by atoms with E-state index in [0.717, 1.165) is 19.3 Å². The molecule has 0 aromatic carbocycles. The van der Waals surface area contributed by atoms with Gasteiger partial charge in [0.25, 0.3) is 0 Å². The van der Waals surface area contributed by atoms with Crippen LogP contribution in [0.5, 0.6) is 0 Å². The molecule has 1 saturated carbocycles. The first kappa shape index (κ1) is 16.8. The van der Waals surface area contributed by atoms with Crippen LogP contribution in [-0.2, 0) is 9.53 Å². The predicted octanol–water partition coefficient (Wildman–Crippen LogP) is 3.32.